The Kier molecular flexibility index (Phi) is 7.82. The van der Waals surface area contributed by atoms with Crippen LogP contribution in [0.3, 0.4) is 0 Å². The lowest BCUT2D eigenvalue weighted by Crippen LogP contribution is -2.55. The number of nitrogens with zero attached hydrogens (tertiary/aromatic N) is 2. The molecular weight excluding hydrogens is 410 g/mol. The first-order valence-corrected chi connectivity index (χ1v) is 11.9. The van der Waals surface area contributed by atoms with Crippen molar-refractivity contribution in [2.75, 3.05) is 28.2 Å². The topological polar surface area (TPSA) is 52.7 Å². The van der Waals surface area contributed by atoms with Gasteiger partial charge in [-0.15, -0.1) is 0 Å². The molecule has 1 aromatic rings. The SMILES string of the molecule is CC(=O)C1CC(CC(=O)NC2CCC(Cc3ccc(Cl)cc3)(N(C)C)CC2)C1N(C)C. The number of nitrogens with one attached hydrogen (secondary N) is 1. The lowest BCUT2D eigenvalue weighted by molar-refractivity contribution is -0.134. The van der Waals surface area contributed by atoms with Crippen LogP contribution in [0, 0.1) is 11.8 Å². The summed E-state index contributed by atoms with van der Waals surface area (Å²) in [5, 5.41) is 4.06. The molecule has 172 valence electrons. The number of hydrogen-bond acceptors (Lipinski definition) is 4. The minimum atomic E-state index is 0.0797. The molecule has 3 atom stereocenters. The van der Waals surface area contributed by atoms with Gasteiger partial charge in [-0.1, -0.05) is 23.7 Å². The molecule has 0 aromatic heterocycles. The van der Waals surface area contributed by atoms with Gasteiger partial charge in [0.1, 0.15) is 5.78 Å². The van der Waals surface area contributed by atoms with Crippen molar-refractivity contribution >= 4 is 23.3 Å². The number of ketones is 1. The molecule has 3 rings (SSSR count). The largest absolute Gasteiger partial charge is 0.353 e. The van der Waals surface area contributed by atoms with E-state index < -0.39 is 0 Å². The predicted octanol–water partition coefficient (Wildman–Crippen LogP) is 3.79. The molecule has 2 saturated carbocycles. The van der Waals surface area contributed by atoms with Gasteiger partial charge in [0.15, 0.2) is 0 Å². The molecule has 0 saturated heterocycles. The molecule has 1 aromatic carbocycles. The van der Waals surface area contributed by atoms with Crippen molar-refractivity contribution in [2.24, 2.45) is 11.8 Å². The monoisotopic (exact) mass is 447 g/mol. The second kappa shape index (κ2) is 10.0. The van der Waals surface area contributed by atoms with Gasteiger partial charge in [-0.05, 0) is 97.3 Å². The summed E-state index contributed by atoms with van der Waals surface area (Å²) < 4.78 is 0. The van der Waals surface area contributed by atoms with Gasteiger partial charge in [0.2, 0.25) is 5.91 Å². The number of amides is 1. The molecule has 1 N–H and O–H groups in total. The van der Waals surface area contributed by atoms with Crippen LogP contribution in [0.5, 0.6) is 0 Å². The van der Waals surface area contributed by atoms with Crippen LogP contribution >= 0.6 is 11.6 Å². The van der Waals surface area contributed by atoms with Crippen molar-refractivity contribution in [3.05, 3.63) is 34.9 Å². The van der Waals surface area contributed by atoms with Gasteiger partial charge >= 0.3 is 0 Å². The Hall–Kier alpha value is -1.43. The fourth-order valence-corrected chi connectivity index (χ4v) is 5.84. The summed E-state index contributed by atoms with van der Waals surface area (Å²) in [6.45, 7) is 1.67. The maximum absolute atomic E-state index is 12.7. The summed E-state index contributed by atoms with van der Waals surface area (Å²) in [6, 6.07) is 8.60. The first-order valence-electron chi connectivity index (χ1n) is 11.5. The van der Waals surface area contributed by atoms with Gasteiger partial charge in [-0.25, -0.2) is 0 Å². The zero-order valence-corrected chi connectivity index (χ0v) is 20.4. The third-order valence-corrected chi connectivity index (χ3v) is 7.95. The molecule has 1 amide bonds. The molecule has 0 aliphatic heterocycles. The Morgan fingerprint density at radius 1 is 1.10 bits per heavy atom. The molecule has 31 heavy (non-hydrogen) atoms. The average Bonchev–Trinajstić information content (AvgIpc) is 2.67. The Morgan fingerprint density at radius 2 is 1.71 bits per heavy atom. The van der Waals surface area contributed by atoms with Crippen molar-refractivity contribution < 1.29 is 9.59 Å². The standard InChI is InChI=1S/C25H38ClN3O2/c1-17(30)22-14-19(24(22)28(2)3)15-23(31)27-21-10-12-25(13-11-21,29(4)5)16-18-6-8-20(26)9-7-18/h6-9,19,21-22,24H,10-16H2,1-5H3,(H,27,31). The summed E-state index contributed by atoms with van der Waals surface area (Å²) >= 11 is 6.05. The number of halogens is 1. The van der Waals surface area contributed by atoms with E-state index in [4.69, 9.17) is 11.6 Å². The summed E-state index contributed by atoms with van der Waals surface area (Å²) in [5.74, 6) is 0.733. The zero-order chi connectivity index (χ0) is 22.8. The van der Waals surface area contributed by atoms with E-state index in [9.17, 15) is 9.59 Å². The quantitative estimate of drug-likeness (QED) is 0.658. The van der Waals surface area contributed by atoms with E-state index in [-0.39, 0.29) is 41.1 Å². The van der Waals surface area contributed by atoms with Gasteiger partial charge in [0.25, 0.3) is 0 Å². The average molecular weight is 448 g/mol. The van der Waals surface area contributed by atoms with Crippen molar-refractivity contribution in [2.45, 2.75) is 69.5 Å². The van der Waals surface area contributed by atoms with E-state index >= 15 is 0 Å². The van der Waals surface area contributed by atoms with Crippen LogP contribution in [-0.4, -0.2) is 67.3 Å². The molecule has 2 fully saturated rings. The number of benzene rings is 1. The van der Waals surface area contributed by atoms with Gasteiger partial charge in [0.05, 0.1) is 0 Å². The van der Waals surface area contributed by atoms with E-state index in [1.165, 1.54) is 5.56 Å². The minimum Gasteiger partial charge on any atom is -0.353 e. The lowest BCUT2D eigenvalue weighted by Gasteiger charge is -2.47. The molecule has 6 heteroatoms. The van der Waals surface area contributed by atoms with E-state index in [1.807, 2.05) is 26.2 Å². The third-order valence-electron chi connectivity index (χ3n) is 7.69. The van der Waals surface area contributed by atoms with E-state index in [0.717, 1.165) is 43.5 Å². The molecule has 2 aliphatic rings. The van der Waals surface area contributed by atoms with E-state index in [0.29, 0.717) is 6.42 Å². The van der Waals surface area contributed by atoms with Gasteiger partial charge in [-0.3, -0.25) is 9.59 Å². The highest BCUT2D eigenvalue weighted by Gasteiger charge is 2.45. The number of likely N-dealkylation sites (N-methyl/N-ethyl adjacent to an activating group) is 1. The molecule has 2 aliphatic carbocycles. The Labute approximate surface area is 192 Å². The highest BCUT2D eigenvalue weighted by molar-refractivity contribution is 6.30. The number of rotatable bonds is 8. The molecule has 0 heterocycles. The van der Waals surface area contributed by atoms with Crippen LogP contribution in [0.2, 0.25) is 5.02 Å². The van der Waals surface area contributed by atoms with Crippen LogP contribution in [0.15, 0.2) is 24.3 Å². The normalized spacial score (nSPS) is 30.8. The zero-order valence-electron chi connectivity index (χ0n) is 19.7. The Morgan fingerprint density at radius 3 is 2.23 bits per heavy atom. The third kappa shape index (κ3) is 5.68. The number of Topliss-reactive ketones (excluding diaryl/α,β-unsaturated/α-hetero) is 1. The van der Waals surface area contributed by atoms with Crippen molar-refractivity contribution in [1.82, 2.24) is 15.1 Å². The van der Waals surface area contributed by atoms with E-state index in [2.05, 4.69) is 41.3 Å². The molecular formula is C25H38ClN3O2. The molecule has 5 nitrogen and oxygen atoms in total. The summed E-state index contributed by atoms with van der Waals surface area (Å²) in [5.41, 5.74) is 1.42. The van der Waals surface area contributed by atoms with Crippen molar-refractivity contribution in [3.8, 4) is 0 Å². The highest BCUT2D eigenvalue weighted by atomic mass is 35.5. The van der Waals surface area contributed by atoms with Crippen LogP contribution in [0.1, 0.15) is 51.0 Å². The summed E-state index contributed by atoms with van der Waals surface area (Å²) in [6.07, 6.45) is 6.46. The Balaban J connectivity index is 1.52. The number of carbonyl (C=O) groups is 2. The summed E-state index contributed by atoms with van der Waals surface area (Å²) in [7, 11) is 8.34. The van der Waals surface area contributed by atoms with Crippen LogP contribution in [0.25, 0.3) is 0 Å². The second-order valence-corrected chi connectivity index (χ2v) is 10.6. The first kappa shape index (κ1) is 24.2. The highest BCUT2D eigenvalue weighted by Crippen LogP contribution is 2.40. The predicted molar refractivity (Wildman–Crippen MR) is 126 cm³/mol. The van der Waals surface area contributed by atoms with E-state index in [1.54, 1.807) is 6.92 Å². The summed E-state index contributed by atoms with van der Waals surface area (Å²) in [4.78, 5) is 29.0. The maximum Gasteiger partial charge on any atom is 0.220 e. The molecule has 0 spiro atoms. The fraction of sp³-hybridized carbons (Fsp3) is 0.680. The van der Waals surface area contributed by atoms with Gasteiger partial charge in [0, 0.05) is 35.0 Å². The number of hydrogen-bond donors (Lipinski definition) is 1. The van der Waals surface area contributed by atoms with Crippen LogP contribution in [0.4, 0.5) is 0 Å². The smallest absolute Gasteiger partial charge is 0.220 e. The fourth-order valence-electron chi connectivity index (χ4n) is 5.72. The second-order valence-electron chi connectivity index (χ2n) is 10.1. The molecule has 3 unspecified atom stereocenters. The van der Waals surface area contributed by atoms with Gasteiger partial charge < -0.3 is 15.1 Å². The van der Waals surface area contributed by atoms with Crippen LogP contribution < -0.4 is 5.32 Å². The van der Waals surface area contributed by atoms with Crippen molar-refractivity contribution in [1.29, 1.82) is 0 Å². The minimum absolute atomic E-state index is 0.0797. The first-order chi connectivity index (χ1) is 14.6. The molecule has 0 radical (unpaired) electrons. The van der Waals surface area contributed by atoms with Crippen molar-refractivity contribution in [3.63, 3.8) is 0 Å². The lowest BCUT2D eigenvalue weighted by atomic mass is 9.66. The number of carbonyl (C=O) groups excluding carboxylic acids is 2. The maximum atomic E-state index is 12.7. The van der Waals surface area contributed by atoms with Crippen LogP contribution in [-0.2, 0) is 16.0 Å². The molecule has 0 bridgehead atoms. The Bertz CT molecular complexity index is 769. The van der Waals surface area contributed by atoms with Gasteiger partial charge in [-0.2, -0.15) is 0 Å².